The average Bonchev–Trinajstić information content (AvgIpc) is 2.80. The number of carbonyl (C=O) groups excluding carboxylic acids is 1. The van der Waals surface area contributed by atoms with Crippen molar-refractivity contribution < 1.29 is 13.6 Å². The van der Waals surface area contributed by atoms with Crippen molar-refractivity contribution in [3.05, 3.63) is 71.3 Å². The summed E-state index contributed by atoms with van der Waals surface area (Å²) in [5, 5.41) is -0.225. The lowest BCUT2D eigenvalue weighted by Gasteiger charge is -2.24. The molecule has 1 fully saturated rings. The van der Waals surface area contributed by atoms with E-state index in [0.717, 1.165) is 11.1 Å². The minimum Gasteiger partial charge on any atom is -0.322 e. The van der Waals surface area contributed by atoms with Gasteiger partial charge in [-0.2, -0.15) is 0 Å². The molecule has 0 radical (unpaired) electrons. The molecule has 1 aliphatic heterocycles. The second-order valence-electron chi connectivity index (χ2n) is 4.87. The highest BCUT2D eigenvalue weighted by molar-refractivity contribution is 8.00. The summed E-state index contributed by atoms with van der Waals surface area (Å²) in [5.41, 5.74) is 1.48. The first-order valence-corrected chi connectivity index (χ1v) is 7.59. The molecule has 1 heterocycles. The van der Waals surface area contributed by atoms with Crippen LogP contribution in [0.1, 0.15) is 16.5 Å². The van der Waals surface area contributed by atoms with E-state index in [9.17, 15) is 13.6 Å². The van der Waals surface area contributed by atoms with Crippen LogP contribution in [-0.2, 0) is 11.3 Å². The summed E-state index contributed by atoms with van der Waals surface area (Å²) in [5.74, 6) is -0.304. The van der Waals surface area contributed by atoms with Gasteiger partial charge in [-0.05, 0) is 35.4 Å². The third-order valence-electron chi connectivity index (χ3n) is 3.34. The van der Waals surface area contributed by atoms with Crippen molar-refractivity contribution in [2.75, 3.05) is 5.75 Å². The molecule has 0 aromatic heterocycles. The third kappa shape index (κ3) is 3.08. The van der Waals surface area contributed by atoms with Crippen LogP contribution in [0.15, 0.2) is 48.5 Å². The lowest BCUT2D eigenvalue weighted by Crippen LogP contribution is -2.27. The maximum atomic E-state index is 13.4. The molecule has 3 rings (SSSR count). The van der Waals surface area contributed by atoms with Crippen molar-refractivity contribution in [2.24, 2.45) is 0 Å². The van der Waals surface area contributed by atoms with Crippen LogP contribution in [0.5, 0.6) is 0 Å². The van der Waals surface area contributed by atoms with Gasteiger partial charge >= 0.3 is 0 Å². The van der Waals surface area contributed by atoms with Gasteiger partial charge in [0, 0.05) is 6.54 Å². The third-order valence-corrected chi connectivity index (χ3v) is 4.60. The Morgan fingerprint density at radius 3 is 2.52 bits per heavy atom. The number of amides is 1. The fraction of sp³-hybridized carbons (Fsp3) is 0.188. The quantitative estimate of drug-likeness (QED) is 0.861. The van der Waals surface area contributed by atoms with Gasteiger partial charge in [0.25, 0.3) is 0 Å². The van der Waals surface area contributed by atoms with Gasteiger partial charge in [0.2, 0.25) is 5.91 Å². The van der Waals surface area contributed by atoms with Gasteiger partial charge < -0.3 is 4.90 Å². The van der Waals surface area contributed by atoms with Crippen molar-refractivity contribution >= 4 is 17.7 Å². The Kier molecular flexibility index (Phi) is 3.92. The van der Waals surface area contributed by atoms with Gasteiger partial charge in [-0.25, -0.2) is 8.78 Å². The Morgan fingerprint density at radius 1 is 1.10 bits per heavy atom. The molecule has 1 unspecified atom stereocenters. The molecule has 2 aromatic rings. The van der Waals surface area contributed by atoms with Crippen LogP contribution in [0.3, 0.4) is 0 Å². The first-order valence-electron chi connectivity index (χ1n) is 6.54. The average molecular weight is 305 g/mol. The van der Waals surface area contributed by atoms with Crippen LogP contribution >= 0.6 is 11.8 Å². The van der Waals surface area contributed by atoms with E-state index in [2.05, 4.69) is 0 Å². The maximum Gasteiger partial charge on any atom is 0.234 e. The van der Waals surface area contributed by atoms with Crippen LogP contribution in [0, 0.1) is 11.6 Å². The number of carbonyl (C=O) groups is 1. The SMILES string of the molecule is O=C1CSC(c2cccc(F)c2)N1Cc1cccc(F)c1. The Balaban J connectivity index is 1.86. The van der Waals surface area contributed by atoms with Crippen molar-refractivity contribution in [1.29, 1.82) is 0 Å². The van der Waals surface area contributed by atoms with Crippen LogP contribution in [0.2, 0.25) is 0 Å². The first-order chi connectivity index (χ1) is 10.1. The standard InChI is InChI=1S/C16H13F2NOS/c17-13-5-1-3-11(7-13)9-19-15(20)10-21-16(19)12-4-2-6-14(18)8-12/h1-8,16H,9-10H2. The molecule has 1 aliphatic rings. The molecule has 2 nitrogen and oxygen atoms in total. The van der Waals surface area contributed by atoms with Crippen LogP contribution in [0.4, 0.5) is 8.78 Å². The maximum absolute atomic E-state index is 13.4. The van der Waals surface area contributed by atoms with E-state index in [4.69, 9.17) is 0 Å². The first kappa shape index (κ1) is 14.1. The lowest BCUT2D eigenvalue weighted by atomic mass is 10.1. The summed E-state index contributed by atoms with van der Waals surface area (Å²) in [6.07, 6.45) is 0. The van der Waals surface area contributed by atoms with Crippen molar-refractivity contribution in [2.45, 2.75) is 11.9 Å². The number of hydrogen-bond acceptors (Lipinski definition) is 2. The minimum atomic E-state index is -0.325. The zero-order valence-corrected chi connectivity index (χ0v) is 11.9. The van der Waals surface area contributed by atoms with Gasteiger partial charge in [-0.1, -0.05) is 24.3 Å². The summed E-state index contributed by atoms with van der Waals surface area (Å²) in [7, 11) is 0. The molecule has 0 aliphatic carbocycles. The van der Waals surface area contributed by atoms with E-state index >= 15 is 0 Å². The number of hydrogen-bond donors (Lipinski definition) is 0. The highest BCUT2D eigenvalue weighted by Gasteiger charge is 2.32. The largest absolute Gasteiger partial charge is 0.322 e. The second kappa shape index (κ2) is 5.85. The Hall–Kier alpha value is -1.88. The molecular formula is C16H13F2NOS. The second-order valence-corrected chi connectivity index (χ2v) is 5.94. The number of rotatable bonds is 3. The normalized spacial score (nSPS) is 18.3. The summed E-state index contributed by atoms with van der Waals surface area (Å²) in [4.78, 5) is 13.7. The minimum absolute atomic E-state index is 0.0153. The molecule has 2 aromatic carbocycles. The molecule has 108 valence electrons. The summed E-state index contributed by atoms with van der Waals surface area (Å²) in [6.45, 7) is 0.324. The molecule has 0 N–H and O–H groups in total. The predicted octanol–water partition coefficient (Wildman–Crippen LogP) is 3.74. The number of benzene rings is 2. The molecule has 1 atom stereocenters. The van der Waals surface area contributed by atoms with E-state index in [1.54, 1.807) is 29.2 Å². The fourth-order valence-corrected chi connectivity index (χ4v) is 3.57. The molecular weight excluding hydrogens is 292 g/mol. The van der Waals surface area contributed by atoms with Crippen molar-refractivity contribution in [3.63, 3.8) is 0 Å². The molecule has 21 heavy (non-hydrogen) atoms. The molecule has 0 spiro atoms. The fourth-order valence-electron chi connectivity index (χ4n) is 2.39. The topological polar surface area (TPSA) is 20.3 Å². The summed E-state index contributed by atoms with van der Waals surface area (Å²) >= 11 is 1.46. The highest BCUT2D eigenvalue weighted by Crippen LogP contribution is 2.39. The van der Waals surface area contributed by atoms with Gasteiger partial charge in [-0.3, -0.25) is 4.79 Å². The Labute approximate surface area is 125 Å². The van der Waals surface area contributed by atoms with Crippen LogP contribution in [-0.4, -0.2) is 16.6 Å². The number of thioether (sulfide) groups is 1. The summed E-state index contributed by atoms with van der Waals surface area (Å²) < 4.78 is 26.6. The monoisotopic (exact) mass is 305 g/mol. The van der Waals surface area contributed by atoms with Crippen LogP contribution in [0.25, 0.3) is 0 Å². The van der Waals surface area contributed by atoms with Gasteiger partial charge in [0.1, 0.15) is 17.0 Å². The zero-order valence-electron chi connectivity index (χ0n) is 11.1. The Morgan fingerprint density at radius 2 is 1.81 bits per heavy atom. The van der Waals surface area contributed by atoms with Gasteiger partial charge in [0.05, 0.1) is 5.75 Å². The van der Waals surface area contributed by atoms with Gasteiger partial charge in [0.15, 0.2) is 0 Å². The van der Waals surface area contributed by atoms with Crippen LogP contribution < -0.4 is 0 Å². The van der Waals surface area contributed by atoms with Gasteiger partial charge in [-0.15, -0.1) is 11.8 Å². The van der Waals surface area contributed by atoms with Crippen molar-refractivity contribution in [3.8, 4) is 0 Å². The molecule has 1 saturated heterocycles. The summed E-state index contributed by atoms with van der Waals surface area (Å²) in [6, 6.07) is 12.4. The van der Waals surface area contributed by atoms with E-state index in [1.165, 1.54) is 36.0 Å². The van der Waals surface area contributed by atoms with E-state index in [-0.39, 0.29) is 22.9 Å². The van der Waals surface area contributed by atoms with E-state index in [1.807, 2.05) is 0 Å². The zero-order chi connectivity index (χ0) is 14.8. The number of nitrogens with zero attached hydrogens (tertiary/aromatic N) is 1. The molecule has 5 heteroatoms. The number of halogens is 2. The van der Waals surface area contributed by atoms with E-state index < -0.39 is 0 Å². The van der Waals surface area contributed by atoms with E-state index in [0.29, 0.717) is 12.3 Å². The lowest BCUT2D eigenvalue weighted by molar-refractivity contribution is -0.128. The Bertz CT molecular complexity index is 677. The smallest absolute Gasteiger partial charge is 0.234 e. The molecule has 0 bridgehead atoms. The predicted molar refractivity (Wildman–Crippen MR) is 78.5 cm³/mol. The van der Waals surface area contributed by atoms with Crippen molar-refractivity contribution in [1.82, 2.24) is 4.90 Å². The molecule has 1 amide bonds. The molecule has 0 saturated carbocycles. The highest BCUT2D eigenvalue weighted by atomic mass is 32.2.